The first-order valence-corrected chi connectivity index (χ1v) is 11.0. The minimum Gasteiger partial charge on any atom is -0.333 e. The molecule has 0 aliphatic carbocycles. The SMILES string of the molecule is Cc1cnc(CSc2nc3ccccc3[nH]2)c(C)c1SCc1ccccc1F. The van der Waals surface area contributed by atoms with Gasteiger partial charge in [0, 0.05) is 22.6 Å². The first-order chi connectivity index (χ1) is 13.6. The molecule has 0 aliphatic rings. The molecule has 28 heavy (non-hydrogen) atoms. The number of imidazole rings is 1. The second kappa shape index (κ2) is 8.37. The highest BCUT2D eigenvalue weighted by atomic mass is 32.2. The standard InChI is InChI=1S/C22H20FN3S2/c1-14-11-24-20(13-28-22-25-18-9-5-6-10-19(18)26-22)15(2)21(14)27-12-16-7-3-4-8-17(16)23/h3-11H,12-13H2,1-2H3,(H,25,26). The number of nitrogens with one attached hydrogen (secondary N) is 1. The van der Waals surface area contributed by atoms with Gasteiger partial charge in [-0.2, -0.15) is 0 Å². The van der Waals surface area contributed by atoms with Gasteiger partial charge in [0.25, 0.3) is 0 Å². The van der Waals surface area contributed by atoms with Gasteiger partial charge in [-0.15, -0.1) is 11.8 Å². The highest BCUT2D eigenvalue weighted by Crippen LogP contribution is 2.33. The summed E-state index contributed by atoms with van der Waals surface area (Å²) in [5.41, 5.74) is 6.05. The number of H-pyrrole nitrogens is 1. The Labute approximate surface area is 172 Å². The van der Waals surface area contributed by atoms with Gasteiger partial charge in [-0.25, -0.2) is 9.37 Å². The molecule has 4 aromatic rings. The number of aryl methyl sites for hydroxylation is 1. The number of fused-ring (bicyclic) bond motifs is 1. The minimum absolute atomic E-state index is 0.153. The Morgan fingerprint density at radius 1 is 0.964 bits per heavy atom. The molecule has 0 aliphatic heterocycles. The maximum atomic E-state index is 13.9. The van der Waals surface area contributed by atoms with Crippen molar-refractivity contribution in [3.8, 4) is 0 Å². The topological polar surface area (TPSA) is 41.6 Å². The zero-order valence-corrected chi connectivity index (χ0v) is 17.3. The van der Waals surface area contributed by atoms with Gasteiger partial charge in [0.2, 0.25) is 0 Å². The molecule has 142 valence electrons. The van der Waals surface area contributed by atoms with E-state index in [4.69, 9.17) is 0 Å². The van der Waals surface area contributed by atoms with Crippen molar-refractivity contribution in [2.45, 2.75) is 35.4 Å². The molecule has 0 saturated heterocycles. The Hall–Kier alpha value is -2.31. The van der Waals surface area contributed by atoms with Crippen LogP contribution in [0.5, 0.6) is 0 Å². The van der Waals surface area contributed by atoms with Crippen LogP contribution in [-0.4, -0.2) is 15.0 Å². The minimum atomic E-state index is -0.153. The first-order valence-electron chi connectivity index (χ1n) is 9.00. The number of aromatic amines is 1. The number of rotatable bonds is 6. The van der Waals surface area contributed by atoms with Crippen LogP contribution in [0.15, 0.2) is 64.8 Å². The van der Waals surface area contributed by atoms with Crippen molar-refractivity contribution in [2.24, 2.45) is 0 Å². The summed E-state index contributed by atoms with van der Waals surface area (Å²) in [5, 5.41) is 0.892. The number of pyridine rings is 1. The summed E-state index contributed by atoms with van der Waals surface area (Å²) in [6.45, 7) is 4.15. The lowest BCUT2D eigenvalue weighted by molar-refractivity contribution is 0.617. The van der Waals surface area contributed by atoms with Gasteiger partial charge in [-0.1, -0.05) is 42.1 Å². The van der Waals surface area contributed by atoms with E-state index in [2.05, 4.69) is 28.8 Å². The Morgan fingerprint density at radius 2 is 1.75 bits per heavy atom. The lowest BCUT2D eigenvalue weighted by Gasteiger charge is -2.13. The van der Waals surface area contributed by atoms with E-state index in [0.717, 1.165) is 44.3 Å². The Balaban J connectivity index is 1.50. The van der Waals surface area contributed by atoms with Gasteiger partial charge in [0.05, 0.1) is 16.7 Å². The van der Waals surface area contributed by atoms with E-state index in [1.165, 1.54) is 11.0 Å². The zero-order chi connectivity index (χ0) is 19.5. The third-order valence-electron chi connectivity index (χ3n) is 4.59. The summed E-state index contributed by atoms with van der Waals surface area (Å²) in [6.07, 6.45) is 1.91. The van der Waals surface area contributed by atoms with Gasteiger partial charge in [0.15, 0.2) is 5.16 Å². The number of hydrogen-bond acceptors (Lipinski definition) is 4. The molecule has 0 bridgehead atoms. The van der Waals surface area contributed by atoms with Crippen LogP contribution in [-0.2, 0) is 11.5 Å². The summed E-state index contributed by atoms with van der Waals surface area (Å²) in [6, 6.07) is 15.0. The second-order valence-corrected chi connectivity index (χ2v) is 8.52. The maximum absolute atomic E-state index is 13.9. The van der Waals surface area contributed by atoms with E-state index in [9.17, 15) is 4.39 Å². The van der Waals surface area contributed by atoms with Gasteiger partial charge in [0.1, 0.15) is 5.82 Å². The molecule has 0 spiro atoms. The average Bonchev–Trinajstić information content (AvgIpc) is 3.11. The number of thioether (sulfide) groups is 2. The van der Waals surface area contributed by atoms with Crippen molar-refractivity contribution in [3.63, 3.8) is 0 Å². The van der Waals surface area contributed by atoms with E-state index in [1.807, 2.05) is 42.6 Å². The van der Waals surface area contributed by atoms with Crippen LogP contribution in [0.1, 0.15) is 22.4 Å². The molecule has 4 rings (SSSR count). The second-order valence-electron chi connectivity index (χ2n) is 6.57. The molecule has 2 heterocycles. The number of nitrogens with zero attached hydrogens (tertiary/aromatic N) is 2. The zero-order valence-electron chi connectivity index (χ0n) is 15.7. The summed E-state index contributed by atoms with van der Waals surface area (Å²) in [4.78, 5) is 13.8. The number of benzene rings is 2. The van der Waals surface area contributed by atoms with E-state index in [-0.39, 0.29) is 5.82 Å². The number of para-hydroxylation sites is 2. The lowest BCUT2D eigenvalue weighted by atomic mass is 10.2. The summed E-state index contributed by atoms with van der Waals surface area (Å²) < 4.78 is 13.9. The predicted molar refractivity (Wildman–Crippen MR) is 115 cm³/mol. The smallest absolute Gasteiger partial charge is 0.166 e. The molecular weight excluding hydrogens is 389 g/mol. The highest BCUT2D eigenvalue weighted by molar-refractivity contribution is 7.98. The summed E-state index contributed by atoms with van der Waals surface area (Å²) in [5.74, 6) is 1.19. The molecule has 1 N–H and O–H groups in total. The van der Waals surface area contributed by atoms with Crippen molar-refractivity contribution >= 4 is 34.6 Å². The molecule has 0 amide bonds. The van der Waals surface area contributed by atoms with E-state index < -0.39 is 0 Å². The fraction of sp³-hybridized carbons (Fsp3) is 0.182. The van der Waals surface area contributed by atoms with Crippen molar-refractivity contribution in [1.82, 2.24) is 15.0 Å². The molecule has 2 aromatic heterocycles. The molecule has 6 heteroatoms. The number of halogens is 1. The number of aromatic nitrogens is 3. The Morgan fingerprint density at radius 3 is 2.57 bits per heavy atom. The fourth-order valence-electron chi connectivity index (χ4n) is 3.02. The maximum Gasteiger partial charge on any atom is 0.166 e. The summed E-state index contributed by atoms with van der Waals surface area (Å²) >= 11 is 3.31. The van der Waals surface area contributed by atoms with Crippen LogP contribution in [0.2, 0.25) is 0 Å². The average molecular weight is 410 g/mol. The van der Waals surface area contributed by atoms with Gasteiger partial charge >= 0.3 is 0 Å². The van der Waals surface area contributed by atoms with Crippen LogP contribution in [0.3, 0.4) is 0 Å². The third kappa shape index (κ3) is 4.08. The molecule has 0 radical (unpaired) electrons. The van der Waals surface area contributed by atoms with Gasteiger partial charge in [-0.3, -0.25) is 4.98 Å². The summed E-state index contributed by atoms with van der Waals surface area (Å²) in [7, 11) is 0. The van der Waals surface area contributed by atoms with Crippen molar-refractivity contribution in [3.05, 3.63) is 82.9 Å². The van der Waals surface area contributed by atoms with Gasteiger partial charge in [-0.05, 0) is 48.7 Å². The molecular formula is C22H20FN3S2. The Bertz CT molecular complexity index is 1090. The highest BCUT2D eigenvalue weighted by Gasteiger charge is 2.12. The van der Waals surface area contributed by atoms with Gasteiger partial charge < -0.3 is 4.98 Å². The Kier molecular flexibility index (Phi) is 5.69. The van der Waals surface area contributed by atoms with Crippen LogP contribution in [0, 0.1) is 19.7 Å². The van der Waals surface area contributed by atoms with Crippen LogP contribution in [0.25, 0.3) is 11.0 Å². The fourth-order valence-corrected chi connectivity index (χ4v) is 5.08. The van der Waals surface area contributed by atoms with Crippen molar-refractivity contribution in [2.75, 3.05) is 0 Å². The molecule has 2 aromatic carbocycles. The van der Waals surface area contributed by atoms with E-state index in [1.54, 1.807) is 29.6 Å². The monoisotopic (exact) mass is 409 g/mol. The number of hydrogen-bond donors (Lipinski definition) is 1. The van der Waals surface area contributed by atoms with E-state index in [0.29, 0.717) is 5.75 Å². The molecule has 0 fully saturated rings. The molecule has 0 atom stereocenters. The molecule has 0 saturated carbocycles. The first kappa shape index (κ1) is 19.0. The van der Waals surface area contributed by atoms with E-state index >= 15 is 0 Å². The lowest BCUT2D eigenvalue weighted by Crippen LogP contribution is -1.98. The quantitative estimate of drug-likeness (QED) is 0.380. The third-order valence-corrected chi connectivity index (χ3v) is 6.85. The van der Waals surface area contributed by atoms with Crippen LogP contribution >= 0.6 is 23.5 Å². The van der Waals surface area contributed by atoms with Crippen LogP contribution < -0.4 is 0 Å². The normalized spacial score (nSPS) is 11.2. The molecule has 3 nitrogen and oxygen atoms in total. The molecule has 0 unspecified atom stereocenters. The predicted octanol–water partition coefficient (Wildman–Crippen LogP) is 6.30. The van der Waals surface area contributed by atoms with Crippen LogP contribution in [0.4, 0.5) is 4.39 Å². The van der Waals surface area contributed by atoms with Crippen molar-refractivity contribution < 1.29 is 4.39 Å². The van der Waals surface area contributed by atoms with Crippen molar-refractivity contribution in [1.29, 1.82) is 0 Å². The largest absolute Gasteiger partial charge is 0.333 e.